The maximum atomic E-state index is 14.3. The minimum atomic E-state index is -0.378. The minimum absolute atomic E-state index is 0.00449. The van der Waals surface area contributed by atoms with Gasteiger partial charge in [-0.3, -0.25) is 9.59 Å². The quantitative estimate of drug-likeness (QED) is 0.709. The first-order valence-electron chi connectivity index (χ1n) is 10.1. The normalized spacial score (nSPS) is 18.7. The van der Waals surface area contributed by atoms with Crippen LogP contribution in [0.4, 0.5) is 4.39 Å². The van der Waals surface area contributed by atoms with Crippen LogP contribution >= 0.6 is 11.6 Å². The van der Waals surface area contributed by atoms with Crippen molar-refractivity contribution in [2.75, 3.05) is 13.6 Å². The van der Waals surface area contributed by atoms with E-state index in [1.165, 1.54) is 16.0 Å². The van der Waals surface area contributed by atoms with E-state index < -0.39 is 0 Å². The number of carbonyl (C=O) groups excluding carboxylic acids is 2. The summed E-state index contributed by atoms with van der Waals surface area (Å²) in [6.45, 7) is -0.0620. The summed E-state index contributed by atoms with van der Waals surface area (Å²) < 4.78 is 14.3. The van der Waals surface area contributed by atoms with Crippen LogP contribution in [-0.2, 0) is 9.59 Å². The Balaban J connectivity index is 1.59. The maximum Gasteiger partial charge on any atom is 0.262 e. The van der Waals surface area contributed by atoms with Crippen molar-refractivity contribution < 1.29 is 14.0 Å². The van der Waals surface area contributed by atoms with Gasteiger partial charge in [0.15, 0.2) is 0 Å². The van der Waals surface area contributed by atoms with E-state index in [1.807, 2.05) is 12.1 Å². The fourth-order valence-electron chi connectivity index (χ4n) is 3.86. The molecule has 1 fully saturated rings. The van der Waals surface area contributed by atoms with Crippen molar-refractivity contribution in [2.24, 2.45) is 11.0 Å². The summed E-state index contributed by atoms with van der Waals surface area (Å²) >= 11 is 6.01. The molecule has 0 spiro atoms. The van der Waals surface area contributed by atoms with Crippen LogP contribution in [-0.4, -0.2) is 41.0 Å². The zero-order valence-electron chi connectivity index (χ0n) is 16.7. The molecule has 4 rings (SSSR count). The predicted octanol–water partition coefficient (Wildman–Crippen LogP) is 4.42. The summed E-state index contributed by atoms with van der Waals surface area (Å²) in [6, 6.07) is 13.2. The Bertz CT molecular complexity index is 988. The first-order chi connectivity index (χ1) is 14.4. The van der Waals surface area contributed by atoms with Crippen LogP contribution in [0.5, 0.6) is 0 Å². The molecule has 30 heavy (non-hydrogen) atoms. The molecule has 1 saturated carbocycles. The van der Waals surface area contributed by atoms with Crippen molar-refractivity contribution in [1.29, 1.82) is 0 Å². The summed E-state index contributed by atoms with van der Waals surface area (Å²) in [5.41, 5.74) is 1.75. The number of amides is 2. The van der Waals surface area contributed by atoms with Crippen molar-refractivity contribution >= 4 is 29.1 Å². The van der Waals surface area contributed by atoms with Gasteiger partial charge in [0.2, 0.25) is 5.91 Å². The summed E-state index contributed by atoms with van der Waals surface area (Å²) in [5, 5.41) is 6.46. The van der Waals surface area contributed by atoms with Gasteiger partial charge in [0, 0.05) is 30.0 Å². The summed E-state index contributed by atoms with van der Waals surface area (Å²) in [6.07, 6.45) is 3.20. The molecule has 0 radical (unpaired) electrons. The second-order valence-electron chi connectivity index (χ2n) is 7.86. The van der Waals surface area contributed by atoms with Crippen LogP contribution in [0.3, 0.4) is 0 Å². The molecule has 0 saturated heterocycles. The Morgan fingerprint density at radius 2 is 1.87 bits per heavy atom. The van der Waals surface area contributed by atoms with E-state index in [0.29, 0.717) is 22.7 Å². The lowest BCUT2D eigenvalue weighted by molar-refractivity contribution is -0.144. The van der Waals surface area contributed by atoms with Gasteiger partial charge in [-0.1, -0.05) is 48.4 Å². The molecule has 1 aliphatic heterocycles. The number of hydrazone groups is 1. The topological polar surface area (TPSA) is 53.0 Å². The highest BCUT2D eigenvalue weighted by atomic mass is 35.5. The van der Waals surface area contributed by atoms with E-state index in [9.17, 15) is 14.0 Å². The Morgan fingerprint density at radius 3 is 2.50 bits per heavy atom. The molecule has 2 aromatic carbocycles. The summed E-state index contributed by atoms with van der Waals surface area (Å²) in [4.78, 5) is 27.0. The number of hydrogen-bond donors (Lipinski definition) is 0. The number of carbonyl (C=O) groups is 2. The predicted molar refractivity (Wildman–Crippen MR) is 114 cm³/mol. The van der Waals surface area contributed by atoms with Gasteiger partial charge in [-0.25, -0.2) is 9.40 Å². The Hall–Kier alpha value is -2.73. The second kappa shape index (κ2) is 8.56. The third-order valence-electron chi connectivity index (χ3n) is 5.81. The average molecular weight is 428 g/mol. The second-order valence-corrected chi connectivity index (χ2v) is 8.29. The summed E-state index contributed by atoms with van der Waals surface area (Å²) in [5.74, 6) is -0.657. The van der Waals surface area contributed by atoms with Gasteiger partial charge >= 0.3 is 0 Å². The van der Waals surface area contributed by atoms with Crippen molar-refractivity contribution in [2.45, 2.75) is 31.7 Å². The van der Waals surface area contributed by atoms with Gasteiger partial charge in [-0.15, -0.1) is 0 Å². The lowest BCUT2D eigenvalue weighted by Crippen LogP contribution is -2.42. The molecule has 0 aromatic heterocycles. The molecule has 0 unspecified atom stereocenters. The highest BCUT2D eigenvalue weighted by Gasteiger charge is 2.35. The van der Waals surface area contributed by atoms with E-state index in [-0.39, 0.29) is 36.1 Å². The Kier molecular flexibility index (Phi) is 5.86. The lowest BCUT2D eigenvalue weighted by Gasteiger charge is -2.30. The fraction of sp³-hybridized carbons (Fsp3) is 0.348. The van der Waals surface area contributed by atoms with Gasteiger partial charge in [-0.2, -0.15) is 5.10 Å². The zero-order chi connectivity index (χ0) is 21.3. The molecule has 7 heteroatoms. The molecular formula is C23H23ClFN3O2. The Labute approximate surface area is 180 Å². The van der Waals surface area contributed by atoms with Crippen LogP contribution in [0.25, 0.3) is 0 Å². The first kappa shape index (κ1) is 20.5. The molecule has 0 bridgehead atoms. The monoisotopic (exact) mass is 427 g/mol. The Morgan fingerprint density at radius 1 is 1.17 bits per heavy atom. The number of hydrogen-bond acceptors (Lipinski definition) is 3. The van der Waals surface area contributed by atoms with Gasteiger partial charge in [0.1, 0.15) is 12.4 Å². The summed E-state index contributed by atoms with van der Waals surface area (Å²) in [7, 11) is 1.65. The van der Waals surface area contributed by atoms with E-state index in [1.54, 1.807) is 37.4 Å². The van der Waals surface area contributed by atoms with E-state index >= 15 is 0 Å². The van der Waals surface area contributed by atoms with Crippen LogP contribution in [0, 0.1) is 11.7 Å². The van der Waals surface area contributed by atoms with Crippen LogP contribution in [0.15, 0.2) is 53.6 Å². The molecule has 1 aliphatic carbocycles. The van der Waals surface area contributed by atoms with Crippen LogP contribution in [0.1, 0.15) is 42.9 Å². The molecule has 1 heterocycles. The number of likely N-dealkylation sites (N-methyl/N-ethyl adjacent to an activating group) is 1. The van der Waals surface area contributed by atoms with Crippen molar-refractivity contribution in [1.82, 2.24) is 9.91 Å². The first-order valence-corrected chi connectivity index (χ1v) is 10.5. The van der Waals surface area contributed by atoms with Gasteiger partial charge in [0.25, 0.3) is 5.91 Å². The molecule has 0 N–H and O–H groups in total. The molecule has 2 aromatic rings. The molecule has 156 valence electrons. The van der Waals surface area contributed by atoms with E-state index in [4.69, 9.17) is 11.6 Å². The van der Waals surface area contributed by atoms with Gasteiger partial charge in [0.05, 0.1) is 11.8 Å². The van der Waals surface area contributed by atoms with Gasteiger partial charge in [-0.05, 0) is 36.6 Å². The molecule has 2 aliphatic rings. The number of halogens is 2. The van der Waals surface area contributed by atoms with Crippen molar-refractivity contribution in [3.05, 3.63) is 70.5 Å². The lowest BCUT2D eigenvalue weighted by atomic mass is 9.84. The van der Waals surface area contributed by atoms with Crippen molar-refractivity contribution in [3.63, 3.8) is 0 Å². The third-order valence-corrected chi connectivity index (χ3v) is 6.06. The van der Waals surface area contributed by atoms with E-state index in [2.05, 4.69) is 5.10 Å². The van der Waals surface area contributed by atoms with Crippen molar-refractivity contribution in [3.8, 4) is 0 Å². The number of rotatable bonds is 5. The highest BCUT2D eigenvalue weighted by molar-refractivity contribution is 6.30. The minimum Gasteiger partial charge on any atom is -0.336 e. The largest absolute Gasteiger partial charge is 0.336 e. The zero-order valence-corrected chi connectivity index (χ0v) is 17.5. The van der Waals surface area contributed by atoms with Crippen LogP contribution < -0.4 is 0 Å². The highest BCUT2D eigenvalue weighted by Crippen LogP contribution is 2.34. The average Bonchev–Trinajstić information content (AvgIpc) is 3.12. The van der Waals surface area contributed by atoms with Gasteiger partial charge < -0.3 is 4.90 Å². The molecular weight excluding hydrogens is 405 g/mol. The molecule has 1 atom stereocenters. The number of nitrogens with zero attached hydrogens (tertiary/aromatic N) is 3. The smallest absolute Gasteiger partial charge is 0.262 e. The molecule has 2 amide bonds. The standard InChI is InChI=1S/C23H23ClFN3O2/c1-27(23(30)16-5-4-6-16)14-22(29)28-21(15-9-11-17(24)12-10-15)13-20(26-28)18-7-2-3-8-19(18)25/h2-3,7-12,16,21H,4-6,13-14H2,1H3/t21-/m0/s1. The SMILES string of the molecule is CN(CC(=O)N1N=C(c2ccccc2F)C[C@H]1c1ccc(Cl)cc1)C(=O)C1CCC1. The van der Waals surface area contributed by atoms with E-state index in [0.717, 1.165) is 24.8 Å². The van der Waals surface area contributed by atoms with Crippen LogP contribution in [0.2, 0.25) is 5.02 Å². The fourth-order valence-corrected chi connectivity index (χ4v) is 3.99. The molecule has 5 nitrogen and oxygen atoms in total. The number of benzene rings is 2. The maximum absolute atomic E-state index is 14.3. The third kappa shape index (κ3) is 4.10.